The molecule has 0 aromatic carbocycles. The van der Waals surface area contributed by atoms with Crippen LogP contribution in [-0.4, -0.2) is 22.4 Å². The summed E-state index contributed by atoms with van der Waals surface area (Å²) in [6.45, 7) is 0. The van der Waals surface area contributed by atoms with Gasteiger partial charge in [0.15, 0.2) is 0 Å². The number of ether oxygens (including phenoxy) is 1. The quantitative estimate of drug-likeness (QED) is 0.679. The Labute approximate surface area is 96.8 Å². The van der Waals surface area contributed by atoms with Crippen LogP contribution in [0.5, 0.6) is 5.88 Å². The summed E-state index contributed by atoms with van der Waals surface area (Å²) < 4.78 is 52.5. The normalized spacial score (nSPS) is 11.4. The summed E-state index contributed by atoms with van der Waals surface area (Å²) in [4.78, 5) is 13.6. The summed E-state index contributed by atoms with van der Waals surface area (Å²) in [6, 6.07) is 0. The largest absolute Gasteiger partial charge is 0.574 e. The lowest BCUT2D eigenvalue weighted by molar-refractivity contribution is -0.276. The van der Waals surface area contributed by atoms with Gasteiger partial charge in [0.25, 0.3) is 0 Å². The second-order valence-corrected chi connectivity index (χ2v) is 3.02. The van der Waals surface area contributed by atoms with Crippen molar-refractivity contribution in [3.63, 3.8) is 0 Å². The van der Waals surface area contributed by atoms with Crippen molar-refractivity contribution in [3.05, 3.63) is 23.1 Å². The smallest absolute Gasteiger partial charge is 0.478 e. The number of nitrogens with zero attached hydrogens (tertiary/aromatic N) is 1. The van der Waals surface area contributed by atoms with Crippen molar-refractivity contribution in [2.24, 2.45) is 0 Å². The zero-order chi connectivity index (χ0) is 13.2. The first kappa shape index (κ1) is 13.5. The number of rotatable bonds is 3. The topological polar surface area (TPSA) is 59.4 Å². The van der Waals surface area contributed by atoms with Crippen molar-refractivity contribution in [1.29, 1.82) is 0 Å². The van der Waals surface area contributed by atoms with Crippen LogP contribution in [0.4, 0.5) is 17.6 Å². The number of hydrogen-bond donors (Lipinski definition) is 1. The second kappa shape index (κ2) is 4.74. The minimum absolute atomic E-state index is 0.425. The highest BCUT2D eigenvalue weighted by molar-refractivity contribution is 6.17. The molecule has 0 aliphatic heterocycles. The van der Waals surface area contributed by atoms with Gasteiger partial charge in [-0.1, -0.05) is 0 Å². The molecule has 0 aliphatic carbocycles. The zero-order valence-electron chi connectivity index (χ0n) is 7.89. The van der Waals surface area contributed by atoms with Gasteiger partial charge in [-0.3, -0.25) is 0 Å². The van der Waals surface area contributed by atoms with E-state index in [4.69, 9.17) is 16.7 Å². The second-order valence-electron chi connectivity index (χ2n) is 2.76. The molecule has 0 amide bonds. The Hall–Kier alpha value is -1.57. The highest BCUT2D eigenvalue weighted by Gasteiger charge is 2.34. The van der Waals surface area contributed by atoms with Gasteiger partial charge in [0.05, 0.1) is 11.4 Å². The molecule has 1 aromatic rings. The van der Waals surface area contributed by atoms with Crippen molar-refractivity contribution in [2.45, 2.75) is 12.2 Å². The molecule has 0 bridgehead atoms. The Kier molecular flexibility index (Phi) is 3.76. The van der Waals surface area contributed by atoms with Crippen molar-refractivity contribution < 1.29 is 32.2 Å². The molecule has 4 nitrogen and oxygen atoms in total. The lowest BCUT2D eigenvalue weighted by atomic mass is 10.2. The molecule has 0 radical (unpaired) electrons. The Morgan fingerprint density at radius 3 is 2.53 bits per heavy atom. The fourth-order valence-corrected chi connectivity index (χ4v) is 1.21. The first-order chi connectivity index (χ1) is 7.76. The lowest BCUT2D eigenvalue weighted by Gasteiger charge is -2.12. The average Bonchev–Trinajstić information content (AvgIpc) is 2.15. The Balaban J connectivity index is 3.26. The van der Waals surface area contributed by atoms with Crippen LogP contribution in [0.15, 0.2) is 6.20 Å². The number of aromatic nitrogens is 1. The standard InChI is InChI=1S/C8H4ClF4NO3/c9-1-3-5(10)4(7(15)16)2-14-6(3)17-8(11,12)13/h2H,1H2,(H,15,16). The Bertz CT molecular complexity index is 449. The van der Waals surface area contributed by atoms with Crippen LogP contribution >= 0.6 is 11.6 Å². The summed E-state index contributed by atoms with van der Waals surface area (Å²) >= 11 is 5.22. The van der Waals surface area contributed by atoms with Gasteiger partial charge < -0.3 is 9.84 Å². The van der Waals surface area contributed by atoms with E-state index in [2.05, 4.69) is 9.72 Å². The first-order valence-corrected chi connectivity index (χ1v) is 4.52. The third-order valence-corrected chi connectivity index (χ3v) is 1.91. The highest BCUT2D eigenvalue weighted by Crippen LogP contribution is 2.28. The number of carboxylic acid groups (broad SMARTS) is 1. The van der Waals surface area contributed by atoms with E-state index in [9.17, 15) is 22.4 Å². The molecule has 1 N–H and O–H groups in total. The van der Waals surface area contributed by atoms with Crippen LogP contribution in [0.25, 0.3) is 0 Å². The molecular weight excluding hydrogens is 270 g/mol. The number of carboxylic acids is 1. The fourth-order valence-electron chi connectivity index (χ4n) is 0.977. The van der Waals surface area contributed by atoms with Crippen molar-refractivity contribution in [3.8, 4) is 5.88 Å². The molecule has 0 unspecified atom stereocenters. The van der Waals surface area contributed by atoms with Crippen molar-refractivity contribution in [2.75, 3.05) is 0 Å². The van der Waals surface area contributed by atoms with Crippen molar-refractivity contribution in [1.82, 2.24) is 4.98 Å². The zero-order valence-corrected chi connectivity index (χ0v) is 8.64. The predicted molar refractivity (Wildman–Crippen MR) is 47.4 cm³/mol. The molecule has 0 fully saturated rings. The lowest BCUT2D eigenvalue weighted by Crippen LogP contribution is -2.20. The van der Waals surface area contributed by atoms with Crippen LogP contribution in [0.3, 0.4) is 0 Å². The summed E-state index contributed by atoms with van der Waals surface area (Å²) in [5, 5.41) is 8.52. The van der Waals surface area contributed by atoms with E-state index < -0.39 is 41.0 Å². The minimum atomic E-state index is -5.06. The van der Waals surface area contributed by atoms with Gasteiger partial charge in [-0.15, -0.1) is 24.8 Å². The molecule has 0 saturated carbocycles. The molecule has 17 heavy (non-hydrogen) atoms. The van der Waals surface area contributed by atoms with E-state index >= 15 is 0 Å². The van der Waals surface area contributed by atoms with E-state index in [1.165, 1.54) is 0 Å². The number of halogens is 5. The number of carbonyl (C=O) groups is 1. The minimum Gasteiger partial charge on any atom is -0.478 e. The van der Waals surface area contributed by atoms with Gasteiger partial charge in [-0.25, -0.2) is 14.2 Å². The van der Waals surface area contributed by atoms with E-state index in [1.807, 2.05) is 0 Å². The van der Waals surface area contributed by atoms with Gasteiger partial charge in [0.2, 0.25) is 5.88 Å². The number of hydrogen-bond acceptors (Lipinski definition) is 3. The maximum absolute atomic E-state index is 13.4. The maximum atomic E-state index is 13.4. The number of pyridine rings is 1. The van der Waals surface area contributed by atoms with Crippen LogP contribution in [0, 0.1) is 5.82 Å². The van der Waals surface area contributed by atoms with Gasteiger partial charge in [-0.05, 0) is 0 Å². The maximum Gasteiger partial charge on any atom is 0.574 e. The molecule has 0 saturated heterocycles. The van der Waals surface area contributed by atoms with Gasteiger partial charge in [-0.2, -0.15) is 0 Å². The van der Waals surface area contributed by atoms with Crippen LogP contribution in [0.2, 0.25) is 0 Å². The highest BCUT2D eigenvalue weighted by atomic mass is 35.5. The first-order valence-electron chi connectivity index (χ1n) is 3.98. The number of alkyl halides is 4. The molecule has 0 aliphatic rings. The van der Waals surface area contributed by atoms with Gasteiger partial charge >= 0.3 is 12.3 Å². The van der Waals surface area contributed by atoms with Crippen LogP contribution < -0.4 is 4.74 Å². The monoisotopic (exact) mass is 273 g/mol. The number of aromatic carboxylic acids is 1. The Morgan fingerprint density at radius 2 is 2.12 bits per heavy atom. The van der Waals surface area contributed by atoms with Gasteiger partial charge in [0, 0.05) is 6.20 Å². The van der Waals surface area contributed by atoms with Crippen molar-refractivity contribution >= 4 is 17.6 Å². The molecule has 94 valence electrons. The molecule has 1 aromatic heterocycles. The fraction of sp³-hybridized carbons (Fsp3) is 0.250. The molecule has 1 heterocycles. The molecule has 0 spiro atoms. The van der Waals surface area contributed by atoms with E-state index in [-0.39, 0.29) is 0 Å². The van der Waals surface area contributed by atoms with Gasteiger partial charge in [0.1, 0.15) is 11.4 Å². The molecular formula is C8H4ClF4NO3. The molecule has 1 rings (SSSR count). The summed E-state index contributed by atoms with van der Waals surface area (Å²) in [7, 11) is 0. The SMILES string of the molecule is O=C(O)c1cnc(OC(F)(F)F)c(CCl)c1F. The molecule has 0 atom stereocenters. The van der Waals surface area contributed by atoms with E-state index in [1.54, 1.807) is 0 Å². The Morgan fingerprint density at radius 1 is 1.53 bits per heavy atom. The average molecular weight is 274 g/mol. The summed E-state index contributed by atoms with van der Waals surface area (Å²) in [6.07, 6.45) is -4.64. The molecule has 9 heteroatoms. The summed E-state index contributed by atoms with van der Waals surface area (Å²) in [5.74, 6) is -4.87. The predicted octanol–water partition coefficient (Wildman–Crippen LogP) is 2.56. The third kappa shape index (κ3) is 3.19. The van der Waals surface area contributed by atoms with Crippen LogP contribution in [0.1, 0.15) is 15.9 Å². The summed E-state index contributed by atoms with van der Waals surface area (Å²) in [5.41, 5.74) is -1.64. The van der Waals surface area contributed by atoms with E-state index in [0.717, 1.165) is 0 Å². The van der Waals surface area contributed by atoms with E-state index in [0.29, 0.717) is 6.20 Å². The third-order valence-electron chi connectivity index (χ3n) is 1.65. The van der Waals surface area contributed by atoms with Crippen LogP contribution in [-0.2, 0) is 5.88 Å².